The van der Waals surface area contributed by atoms with Gasteiger partial charge in [0, 0.05) is 5.02 Å². The van der Waals surface area contributed by atoms with Crippen LogP contribution in [0.3, 0.4) is 0 Å². The average molecular weight is 466 g/mol. The predicted octanol–water partition coefficient (Wildman–Crippen LogP) is 1.18. The van der Waals surface area contributed by atoms with Gasteiger partial charge in [0.05, 0.1) is 18.9 Å². The summed E-state index contributed by atoms with van der Waals surface area (Å²) >= 11 is 6.40. The number of oxime groups is 1. The van der Waals surface area contributed by atoms with Crippen molar-refractivity contribution in [2.75, 3.05) is 20.3 Å². The first kappa shape index (κ1) is 24.6. The van der Waals surface area contributed by atoms with Gasteiger partial charge in [0.1, 0.15) is 37.1 Å². The van der Waals surface area contributed by atoms with E-state index in [-0.39, 0.29) is 0 Å². The van der Waals surface area contributed by atoms with E-state index in [0.717, 1.165) is 22.4 Å². The Balaban J connectivity index is 1.87. The first-order chi connectivity index (χ1) is 15.3. The van der Waals surface area contributed by atoms with Crippen molar-refractivity contribution in [3.05, 3.63) is 69.7 Å². The number of nitrogens with zero attached hydrogens (tertiary/aromatic N) is 1. The molecule has 0 aliphatic carbocycles. The maximum absolute atomic E-state index is 10.5. The van der Waals surface area contributed by atoms with Crippen molar-refractivity contribution in [2.24, 2.45) is 5.16 Å². The Morgan fingerprint density at radius 1 is 1.06 bits per heavy atom. The van der Waals surface area contributed by atoms with Crippen molar-refractivity contribution >= 4 is 17.3 Å². The molecular weight excluding hydrogens is 438 g/mol. The molecule has 174 valence electrons. The van der Waals surface area contributed by atoms with E-state index >= 15 is 0 Å². The Morgan fingerprint density at radius 2 is 1.72 bits per heavy atom. The van der Waals surface area contributed by atoms with Gasteiger partial charge in [-0.15, -0.1) is 0 Å². The SMILES string of the molecule is CON=C(C)c1ccc(Cc2cc(C3OC(CO)(CO)C(O)C(O)C3O)ccc2Cl)cc1. The Kier molecular flexibility index (Phi) is 7.89. The fourth-order valence-corrected chi connectivity index (χ4v) is 4.01. The number of ether oxygens (including phenoxy) is 1. The topological polar surface area (TPSA) is 132 Å². The Labute approximate surface area is 191 Å². The molecule has 0 spiro atoms. The van der Waals surface area contributed by atoms with E-state index in [9.17, 15) is 25.5 Å². The molecule has 0 saturated carbocycles. The van der Waals surface area contributed by atoms with Crippen LogP contribution >= 0.6 is 11.6 Å². The summed E-state index contributed by atoms with van der Waals surface area (Å²) in [5, 5.41) is 54.8. The zero-order valence-corrected chi connectivity index (χ0v) is 18.6. The summed E-state index contributed by atoms with van der Waals surface area (Å²) in [7, 11) is 1.49. The van der Waals surface area contributed by atoms with Gasteiger partial charge in [0.15, 0.2) is 0 Å². The molecule has 1 aliphatic rings. The molecule has 5 N–H and O–H groups in total. The Bertz CT molecular complexity index is 946. The summed E-state index contributed by atoms with van der Waals surface area (Å²) < 4.78 is 5.74. The van der Waals surface area contributed by atoms with Gasteiger partial charge in [0.2, 0.25) is 0 Å². The highest BCUT2D eigenvalue weighted by atomic mass is 35.5. The summed E-state index contributed by atoms with van der Waals surface area (Å²) in [4.78, 5) is 4.80. The molecule has 4 unspecified atom stereocenters. The lowest BCUT2D eigenvalue weighted by Gasteiger charge is -2.47. The minimum Gasteiger partial charge on any atom is -0.399 e. The van der Waals surface area contributed by atoms with Crippen molar-refractivity contribution in [2.45, 2.75) is 43.4 Å². The van der Waals surface area contributed by atoms with Crippen LogP contribution in [-0.2, 0) is 16.0 Å². The summed E-state index contributed by atoms with van der Waals surface area (Å²) in [6.07, 6.45) is -5.32. The molecule has 3 rings (SSSR count). The van der Waals surface area contributed by atoms with Crippen molar-refractivity contribution in [1.29, 1.82) is 0 Å². The fourth-order valence-electron chi connectivity index (χ4n) is 3.83. The van der Waals surface area contributed by atoms with Gasteiger partial charge in [-0.3, -0.25) is 0 Å². The maximum Gasteiger partial charge on any atom is 0.143 e. The molecule has 1 heterocycles. The third kappa shape index (κ3) is 4.82. The highest BCUT2D eigenvalue weighted by molar-refractivity contribution is 6.31. The standard InChI is InChI=1S/C23H28ClNO7/c1-13(25-31-2)15-5-3-14(4-6-15)9-17-10-16(7-8-18(17)24)21-19(28)20(29)22(30)23(11-26,12-27)32-21/h3-8,10,19-22,26-30H,9,11-12H2,1-2H3. The van der Waals surface area contributed by atoms with Crippen LogP contribution in [0.15, 0.2) is 47.6 Å². The summed E-state index contributed by atoms with van der Waals surface area (Å²) in [5.41, 5.74) is 2.10. The van der Waals surface area contributed by atoms with Crippen LogP contribution in [0.1, 0.15) is 35.3 Å². The van der Waals surface area contributed by atoms with Gasteiger partial charge in [-0.1, -0.05) is 53.2 Å². The van der Waals surface area contributed by atoms with Gasteiger partial charge in [0.25, 0.3) is 0 Å². The molecule has 1 saturated heterocycles. The molecule has 4 atom stereocenters. The van der Waals surface area contributed by atoms with E-state index in [0.29, 0.717) is 17.0 Å². The highest BCUT2D eigenvalue weighted by Crippen LogP contribution is 2.39. The number of aliphatic hydroxyl groups is 5. The number of rotatable bonds is 7. The van der Waals surface area contributed by atoms with Crippen molar-refractivity contribution in [3.63, 3.8) is 0 Å². The minimum absolute atomic E-state index is 0.493. The van der Waals surface area contributed by atoms with Gasteiger partial charge in [-0.2, -0.15) is 0 Å². The number of hydrogen-bond donors (Lipinski definition) is 5. The van der Waals surface area contributed by atoms with Gasteiger partial charge < -0.3 is 35.1 Å². The molecule has 9 heteroatoms. The van der Waals surface area contributed by atoms with E-state index in [1.165, 1.54) is 7.11 Å². The number of aliphatic hydroxyl groups excluding tert-OH is 5. The summed E-state index contributed by atoms with van der Waals surface area (Å²) in [6.45, 7) is 0.381. The molecule has 2 aromatic carbocycles. The second kappa shape index (κ2) is 10.3. The lowest BCUT2D eigenvalue weighted by atomic mass is 9.83. The lowest BCUT2D eigenvalue weighted by Crippen LogP contribution is -2.65. The molecule has 0 amide bonds. The molecule has 32 heavy (non-hydrogen) atoms. The van der Waals surface area contributed by atoms with E-state index < -0.39 is 43.2 Å². The van der Waals surface area contributed by atoms with Crippen LogP contribution in [0.5, 0.6) is 0 Å². The third-order valence-electron chi connectivity index (χ3n) is 5.81. The van der Waals surface area contributed by atoms with Crippen LogP contribution in [0.2, 0.25) is 5.02 Å². The van der Waals surface area contributed by atoms with E-state index in [1.54, 1.807) is 18.2 Å². The average Bonchev–Trinajstić information content (AvgIpc) is 2.80. The number of halogens is 1. The fraction of sp³-hybridized carbons (Fsp3) is 0.435. The van der Waals surface area contributed by atoms with E-state index in [1.807, 2.05) is 31.2 Å². The Hall–Kier alpha value is -2.04. The molecule has 0 radical (unpaired) electrons. The van der Waals surface area contributed by atoms with Gasteiger partial charge in [-0.25, -0.2) is 0 Å². The van der Waals surface area contributed by atoms with Crippen molar-refractivity contribution in [3.8, 4) is 0 Å². The molecular formula is C23H28ClNO7. The lowest BCUT2D eigenvalue weighted by molar-refractivity contribution is -0.289. The Morgan fingerprint density at radius 3 is 2.31 bits per heavy atom. The van der Waals surface area contributed by atoms with Crippen LogP contribution in [0.25, 0.3) is 0 Å². The predicted molar refractivity (Wildman–Crippen MR) is 119 cm³/mol. The number of hydrogen-bond acceptors (Lipinski definition) is 8. The smallest absolute Gasteiger partial charge is 0.143 e. The minimum atomic E-state index is -1.80. The van der Waals surface area contributed by atoms with Crippen molar-refractivity contribution < 1.29 is 35.1 Å². The monoisotopic (exact) mass is 465 g/mol. The molecule has 8 nitrogen and oxygen atoms in total. The highest BCUT2D eigenvalue weighted by Gasteiger charge is 2.53. The molecule has 1 aliphatic heterocycles. The third-order valence-corrected chi connectivity index (χ3v) is 6.18. The van der Waals surface area contributed by atoms with Crippen LogP contribution < -0.4 is 0 Å². The zero-order chi connectivity index (χ0) is 23.5. The van der Waals surface area contributed by atoms with Crippen LogP contribution in [0.4, 0.5) is 0 Å². The quantitative estimate of drug-likeness (QED) is 0.306. The molecule has 0 aromatic heterocycles. The van der Waals surface area contributed by atoms with Crippen LogP contribution in [0, 0.1) is 0 Å². The van der Waals surface area contributed by atoms with E-state index in [2.05, 4.69) is 5.16 Å². The van der Waals surface area contributed by atoms with Gasteiger partial charge >= 0.3 is 0 Å². The molecule has 1 fully saturated rings. The largest absolute Gasteiger partial charge is 0.399 e. The zero-order valence-electron chi connectivity index (χ0n) is 17.8. The van der Waals surface area contributed by atoms with Crippen LogP contribution in [-0.4, -0.2) is 75.5 Å². The van der Waals surface area contributed by atoms with E-state index in [4.69, 9.17) is 21.2 Å². The first-order valence-corrected chi connectivity index (χ1v) is 10.5. The second-order valence-electron chi connectivity index (χ2n) is 7.93. The second-order valence-corrected chi connectivity index (χ2v) is 8.34. The first-order valence-electron chi connectivity index (χ1n) is 10.2. The molecule has 0 bridgehead atoms. The normalized spacial score (nSPS) is 25.6. The summed E-state index contributed by atoms with van der Waals surface area (Å²) in [5.74, 6) is 0. The summed E-state index contributed by atoms with van der Waals surface area (Å²) in [6, 6.07) is 12.8. The number of benzene rings is 2. The van der Waals surface area contributed by atoms with Gasteiger partial charge in [-0.05, 0) is 41.7 Å². The molecule has 2 aromatic rings. The maximum atomic E-state index is 10.5. The van der Waals surface area contributed by atoms with Crippen molar-refractivity contribution in [1.82, 2.24) is 0 Å².